The largest absolute Gasteiger partial charge is 0.329 e. The summed E-state index contributed by atoms with van der Waals surface area (Å²) < 4.78 is 0.844. The molecule has 0 aromatic carbocycles. The van der Waals surface area contributed by atoms with Gasteiger partial charge in [0.05, 0.1) is 10.4 Å². The first kappa shape index (κ1) is 15.0. The van der Waals surface area contributed by atoms with Crippen LogP contribution in [0.25, 0.3) is 0 Å². The van der Waals surface area contributed by atoms with Crippen LogP contribution in [0.2, 0.25) is 4.34 Å². The smallest absolute Gasteiger partial charge is 0.0931 e. The van der Waals surface area contributed by atoms with Crippen molar-refractivity contribution in [2.45, 2.75) is 33.2 Å². The molecule has 1 aliphatic rings. The van der Waals surface area contributed by atoms with E-state index in [1.165, 1.54) is 4.88 Å². The highest BCUT2D eigenvalue weighted by Crippen LogP contribution is 2.34. The molecule has 0 spiro atoms. The second kappa shape index (κ2) is 5.96. The lowest BCUT2D eigenvalue weighted by atomic mass is 9.82. The fourth-order valence-electron chi connectivity index (χ4n) is 2.60. The fraction of sp³-hybridized carbons (Fsp3) is 0.600. The molecule has 4 heteroatoms. The highest BCUT2D eigenvalue weighted by atomic mass is 35.5. The van der Waals surface area contributed by atoms with E-state index in [1.54, 1.807) is 16.9 Å². The molecule has 1 aromatic heterocycles. The second-order valence-corrected chi connectivity index (χ2v) is 7.86. The Balaban J connectivity index is 2.09. The van der Waals surface area contributed by atoms with E-state index in [0.29, 0.717) is 12.6 Å². The normalized spacial score (nSPS) is 19.3. The minimum absolute atomic E-state index is 0.288. The Hall–Kier alpha value is -0.350. The zero-order chi connectivity index (χ0) is 14.0. The number of halogens is 1. The summed E-state index contributed by atoms with van der Waals surface area (Å²) in [7, 11) is 0. The van der Waals surface area contributed by atoms with Crippen molar-refractivity contribution in [3.05, 3.63) is 33.0 Å². The molecule has 1 aromatic rings. The van der Waals surface area contributed by atoms with E-state index < -0.39 is 0 Å². The van der Waals surface area contributed by atoms with Crippen LogP contribution in [0.3, 0.4) is 0 Å². The van der Waals surface area contributed by atoms with Gasteiger partial charge in [-0.15, -0.1) is 11.3 Å². The summed E-state index contributed by atoms with van der Waals surface area (Å²) >= 11 is 7.67. The summed E-state index contributed by atoms with van der Waals surface area (Å²) in [6.07, 6.45) is 3.51. The van der Waals surface area contributed by atoms with Gasteiger partial charge in [-0.2, -0.15) is 0 Å². The first-order valence-corrected chi connectivity index (χ1v) is 8.00. The van der Waals surface area contributed by atoms with Crippen LogP contribution in [0, 0.1) is 5.41 Å². The van der Waals surface area contributed by atoms with E-state index >= 15 is 0 Å². The Morgan fingerprint density at radius 2 is 2.16 bits per heavy atom. The van der Waals surface area contributed by atoms with Crippen LogP contribution in [-0.2, 0) is 0 Å². The van der Waals surface area contributed by atoms with Crippen molar-refractivity contribution in [1.29, 1.82) is 0 Å². The van der Waals surface area contributed by atoms with E-state index in [4.69, 9.17) is 17.3 Å². The van der Waals surface area contributed by atoms with Crippen LogP contribution in [0.5, 0.6) is 0 Å². The van der Waals surface area contributed by atoms with Gasteiger partial charge in [0, 0.05) is 24.5 Å². The molecule has 19 heavy (non-hydrogen) atoms. The third-order valence-electron chi connectivity index (χ3n) is 3.79. The number of hydrogen-bond donors (Lipinski definition) is 1. The van der Waals surface area contributed by atoms with Gasteiger partial charge in [-0.05, 0) is 24.0 Å². The van der Waals surface area contributed by atoms with Gasteiger partial charge in [0.1, 0.15) is 0 Å². The molecule has 2 N–H and O–H groups in total. The number of hydrogen-bond acceptors (Lipinski definition) is 3. The summed E-state index contributed by atoms with van der Waals surface area (Å²) in [6.45, 7) is 9.58. The predicted octanol–water partition coefficient (Wildman–Crippen LogP) is 4.08. The lowest BCUT2D eigenvalue weighted by Crippen LogP contribution is -2.37. The van der Waals surface area contributed by atoms with Gasteiger partial charge in [0.15, 0.2) is 0 Å². The van der Waals surface area contributed by atoms with Crippen LogP contribution in [-0.4, -0.2) is 24.5 Å². The van der Waals surface area contributed by atoms with Gasteiger partial charge in [-0.25, -0.2) is 0 Å². The Labute approximate surface area is 125 Å². The molecule has 0 bridgehead atoms. The predicted molar refractivity (Wildman–Crippen MR) is 84.9 cm³/mol. The Kier molecular flexibility index (Phi) is 4.72. The molecule has 1 unspecified atom stereocenters. The van der Waals surface area contributed by atoms with Crippen LogP contribution >= 0.6 is 22.9 Å². The number of rotatable bonds is 3. The van der Waals surface area contributed by atoms with Gasteiger partial charge < -0.3 is 5.73 Å². The quantitative estimate of drug-likeness (QED) is 0.852. The third kappa shape index (κ3) is 3.60. The summed E-state index contributed by atoms with van der Waals surface area (Å²) in [5.41, 5.74) is 7.81. The molecule has 0 radical (unpaired) electrons. The van der Waals surface area contributed by atoms with Gasteiger partial charge in [0.2, 0.25) is 0 Å². The molecule has 1 aliphatic heterocycles. The molecule has 106 valence electrons. The topological polar surface area (TPSA) is 29.3 Å². The van der Waals surface area contributed by atoms with Crippen molar-refractivity contribution in [3.8, 4) is 0 Å². The molecule has 0 fully saturated rings. The van der Waals surface area contributed by atoms with E-state index in [1.807, 2.05) is 6.07 Å². The molecule has 2 nitrogen and oxygen atoms in total. The second-order valence-electron chi connectivity index (χ2n) is 6.12. The van der Waals surface area contributed by atoms with E-state index in [9.17, 15) is 0 Å². The highest BCUT2D eigenvalue weighted by molar-refractivity contribution is 7.16. The van der Waals surface area contributed by atoms with Crippen molar-refractivity contribution >= 4 is 22.9 Å². The summed E-state index contributed by atoms with van der Waals surface area (Å²) in [5.74, 6) is 0. The average Bonchev–Trinajstić information content (AvgIpc) is 2.76. The van der Waals surface area contributed by atoms with Gasteiger partial charge >= 0.3 is 0 Å². The van der Waals surface area contributed by atoms with Crippen molar-refractivity contribution < 1.29 is 0 Å². The molecular weight excluding hydrogens is 276 g/mol. The molecular formula is C15H23ClN2S. The fourth-order valence-corrected chi connectivity index (χ4v) is 3.81. The van der Waals surface area contributed by atoms with E-state index in [2.05, 4.69) is 37.8 Å². The van der Waals surface area contributed by atoms with Gasteiger partial charge in [0.25, 0.3) is 0 Å². The molecule has 2 heterocycles. The minimum atomic E-state index is 0.288. The average molecular weight is 299 g/mol. The van der Waals surface area contributed by atoms with Crippen molar-refractivity contribution in [3.63, 3.8) is 0 Å². The maximum Gasteiger partial charge on any atom is 0.0931 e. The number of nitrogens with zero attached hydrogens (tertiary/aromatic N) is 1. The zero-order valence-electron chi connectivity index (χ0n) is 11.9. The third-order valence-corrected chi connectivity index (χ3v) is 5.12. The maximum absolute atomic E-state index is 6.03. The first-order chi connectivity index (χ1) is 8.91. The Morgan fingerprint density at radius 3 is 2.58 bits per heavy atom. The molecule has 0 saturated carbocycles. The lowest BCUT2D eigenvalue weighted by molar-refractivity contribution is 0.212. The monoisotopic (exact) mass is 298 g/mol. The van der Waals surface area contributed by atoms with E-state index in [0.717, 1.165) is 23.8 Å². The first-order valence-electron chi connectivity index (χ1n) is 6.80. The van der Waals surface area contributed by atoms with Crippen molar-refractivity contribution in [2.24, 2.45) is 11.1 Å². The maximum atomic E-state index is 6.03. The lowest BCUT2D eigenvalue weighted by Gasteiger charge is -2.36. The van der Waals surface area contributed by atoms with Crippen LogP contribution in [0.1, 0.15) is 38.1 Å². The molecule has 1 atom stereocenters. The highest BCUT2D eigenvalue weighted by Gasteiger charge is 2.26. The van der Waals surface area contributed by atoms with Crippen LogP contribution in [0.15, 0.2) is 23.8 Å². The van der Waals surface area contributed by atoms with Gasteiger partial charge in [-0.3, -0.25) is 4.90 Å². The Bertz CT molecular complexity index is 459. The summed E-state index contributed by atoms with van der Waals surface area (Å²) in [6, 6.07) is 4.37. The number of nitrogens with two attached hydrogens (primary N) is 1. The zero-order valence-corrected chi connectivity index (χ0v) is 13.5. The van der Waals surface area contributed by atoms with Gasteiger partial charge in [-0.1, -0.05) is 44.0 Å². The minimum Gasteiger partial charge on any atom is -0.329 e. The van der Waals surface area contributed by atoms with Crippen LogP contribution < -0.4 is 5.73 Å². The molecule has 0 saturated heterocycles. The Morgan fingerprint density at radius 1 is 1.42 bits per heavy atom. The summed E-state index contributed by atoms with van der Waals surface area (Å²) in [4.78, 5) is 3.73. The van der Waals surface area contributed by atoms with Crippen molar-refractivity contribution in [2.75, 3.05) is 19.6 Å². The molecule has 0 amide bonds. The molecule has 0 aliphatic carbocycles. The summed E-state index contributed by atoms with van der Waals surface area (Å²) in [5, 5.41) is 0. The number of thiophene rings is 1. The SMILES string of the molecule is CC(C)(C)C1=CCN(C(CN)c2ccc(Cl)s2)CC1. The standard InChI is InChI=1S/C15H23ClN2S/c1-15(2,3)11-6-8-18(9-7-11)12(10-17)13-4-5-14(16)19-13/h4-6,12H,7-10,17H2,1-3H3. The van der Waals surface area contributed by atoms with Crippen molar-refractivity contribution in [1.82, 2.24) is 4.90 Å². The molecule has 2 rings (SSSR count). The van der Waals surface area contributed by atoms with E-state index in [-0.39, 0.29) is 5.41 Å². The van der Waals surface area contributed by atoms with Crippen LogP contribution in [0.4, 0.5) is 0 Å².